The largest absolute Gasteiger partial charge is 0.323 e. The molecular weight excluding hydrogens is 278 g/mol. The third kappa shape index (κ3) is 4.14. The Morgan fingerprint density at radius 3 is 2.55 bits per heavy atom. The zero-order valence-electron chi connectivity index (χ0n) is 12.2. The zero-order valence-corrected chi connectivity index (χ0v) is 13.0. The SMILES string of the molecule is CCCN(CCN(C)C)S(=O)(=O)c1cnccc1NN. The molecule has 0 saturated carbocycles. The van der Waals surface area contributed by atoms with Crippen LogP contribution >= 0.6 is 0 Å². The van der Waals surface area contributed by atoms with Crippen molar-refractivity contribution in [3.05, 3.63) is 18.5 Å². The molecule has 1 rings (SSSR count). The molecule has 3 N–H and O–H groups in total. The summed E-state index contributed by atoms with van der Waals surface area (Å²) in [6, 6.07) is 1.54. The molecule has 1 heterocycles. The number of nitrogens with zero attached hydrogens (tertiary/aromatic N) is 3. The maximum Gasteiger partial charge on any atom is 0.246 e. The van der Waals surface area contributed by atoms with Gasteiger partial charge in [0, 0.05) is 32.0 Å². The van der Waals surface area contributed by atoms with Gasteiger partial charge in [-0.3, -0.25) is 10.8 Å². The number of sulfonamides is 1. The predicted octanol–water partition coefficient (Wildman–Crippen LogP) is 0.330. The van der Waals surface area contributed by atoms with E-state index in [1.165, 1.54) is 16.7 Å². The number of nitrogens with two attached hydrogens (primary N) is 1. The number of likely N-dealkylation sites (N-methyl/N-ethyl adjacent to an activating group) is 1. The first-order chi connectivity index (χ1) is 9.43. The number of nitrogens with one attached hydrogen (secondary N) is 1. The summed E-state index contributed by atoms with van der Waals surface area (Å²) in [5.41, 5.74) is 2.76. The third-order valence-corrected chi connectivity index (χ3v) is 4.75. The van der Waals surface area contributed by atoms with Crippen molar-refractivity contribution in [3.8, 4) is 0 Å². The standard InChI is InChI=1S/C12H23N5O2S/c1-4-7-17(9-8-16(2)3)20(18,19)12-10-14-6-5-11(12)15-13/h5-6,10H,4,7-9,13H2,1-3H3,(H,14,15). The van der Waals surface area contributed by atoms with Crippen LogP contribution in [-0.2, 0) is 10.0 Å². The molecule has 114 valence electrons. The average molecular weight is 301 g/mol. The first kappa shape index (κ1) is 16.8. The second-order valence-electron chi connectivity index (χ2n) is 4.72. The normalized spacial score (nSPS) is 12.1. The topological polar surface area (TPSA) is 91.6 Å². The molecule has 0 aliphatic rings. The molecule has 0 amide bonds. The Hall–Kier alpha value is -1.22. The van der Waals surface area contributed by atoms with Crippen molar-refractivity contribution >= 4 is 15.7 Å². The highest BCUT2D eigenvalue weighted by Gasteiger charge is 2.26. The van der Waals surface area contributed by atoms with Crippen LogP contribution in [0.1, 0.15) is 13.3 Å². The van der Waals surface area contributed by atoms with Crippen LogP contribution in [0.2, 0.25) is 0 Å². The van der Waals surface area contributed by atoms with Crippen molar-refractivity contribution in [2.75, 3.05) is 39.2 Å². The van der Waals surface area contributed by atoms with Gasteiger partial charge < -0.3 is 10.3 Å². The monoisotopic (exact) mass is 301 g/mol. The van der Waals surface area contributed by atoms with Crippen LogP contribution < -0.4 is 11.3 Å². The molecule has 0 spiro atoms. The summed E-state index contributed by atoms with van der Waals surface area (Å²) in [7, 11) is 0.221. The van der Waals surface area contributed by atoms with Crippen LogP contribution in [0, 0.1) is 0 Å². The minimum absolute atomic E-state index is 0.106. The smallest absolute Gasteiger partial charge is 0.246 e. The Bertz CT molecular complexity index is 518. The second-order valence-corrected chi connectivity index (χ2v) is 6.63. The summed E-state index contributed by atoms with van der Waals surface area (Å²) in [6.45, 7) is 3.51. The molecule has 8 heteroatoms. The Kier molecular flexibility index (Phi) is 6.34. The van der Waals surface area contributed by atoms with Crippen LogP contribution in [0.3, 0.4) is 0 Å². The molecule has 0 aliphatic carbocycles. The van der Waals surface area contributed by atoms with Gasteiger partial charge in [0.05, 0.1) is 5.69 Å². The highest BCUT2D eigenvalue weighted by molar-refractivity contribution is 7.89. The van der Waals surface area contributed by atoms with Crippen LogP contribution in [0.25, 0.3) is 0 Å². The van der Waals surface area contributed by atoms with E-state index >= 15 is 0 Å². The fourth-order valence-corrected chi connectivity index (χ4v) is 3.38. The summed E-state index contributed by atoms with van der Waals surface area (Å²) in [4.78, 5) is 5.94. The second kappa shape index (κ2) is 7.53. The summed E-state index contributed by atoms with van der Waals surface area (Å²) >= 11 is 0. The Balaban J connectivity index is 3.09. The highest BCUT2D eigenvalue weighted by Crippen LogP contribution is 2.22. The van der Waals surface area contributed by atoms with Gasteiger partial charge in [0.15, 0.2) is 0 Å². The molecule has 0 fully saturated rings. The van der Waals surface area contributed by atoms with Crippen LogP contribution in [0.5, 0.6) is 0 Å². The van der Waals surface area contributed by atoms with Crippen molar-refractivity contribution in [1.29, 1.82) is 0 Å². The number of pyridine rings is 1. The Labute approximate surface area is 120 Å². The van der Waals surface area contributed by atoms with E-state index in [0.29, 0.717) is 25.3 Å². The average Bonchev–Trinajstić information content (AvgIpc) is 2.42. The Morgan fingerprint density at radius 1 is 1.30 bits per heavy atom. The molecule has 0 radical (unpaired) electrons. The van der Waals surface area contributed by atoms with E-state index < -0.39 is 10.0 Å². The van der Waals surface area contributed by atoms with Gasteiger partial charge in [-0.1, -0.05) is 6.92 Å². The minimum Gasteiger partial charge on any atom is -0.323 e. The quantitative estimate of drug-likeness (QED) is 0.531. The fraction of sp³-hybridized carbons (Fsp3) is 0.583. The van der Waals surface area contributed by atoms with Crippen molar-refractivity contribution < 1.29 is 8.42 Å². The number of rotatable bonds is 8. The molecule has 1 aromatic heterocycles. The first-order valence-electron chi connectivity index (χ1n) is 6.49. The first-order valence-corrected chi connectivity index (χ1v) is 7.93. The lowest BCUT2D eigenvalue weighted by molar-refractivity contribution is 0.333. The number of hydrogen-bond acceptors (Lipinski definition) is 6. The summed E-state index contributed by atoms with van der Waals surface area (Å²) in [5, 5.41) is 0. The lowest BCUT2D eigenvalue weighted by Crippen LogP contribution is -2.37. The van der Waals surface area contributed by atoms with E-state index in [-0.39, 0.29) is 4.90 Å². The van der Waals surface area contributed by atoms with Crippen LogP contribution in [0.15, 0.2) is 23.4 Å². The van der Waals surface area contributed by atoms with E-state index in [0.717, 1.165) is 6.42 Å². The molecule has 20 heavy (non-hydrogen) atoms. The Morgan fingerprint density at radius 2 is 2.00 bits per heavy atom. The highest BCUT2D eigenvalue weighted by atomic mass is 32.2. The molecule has 0 aliphatic heterocycles. The molecule has 0 atom stereocenters. The lowest BCUT2D eigenvalue weighted by Gasteiger charge is -2.24. The number of hydrogen-bond donors (Lipinski definition) is 2. The van der Waals surface area contributed by atoms with Crippen molar-refractivity contribution in [2.45, 2.75) is 18.2 Å². The third-order valence-electron chi connectivity index (χ3n) is 2.83. The van der Waals surface area contributed by atoms with Gasteiger partial charge in [-0.25, -0.2) is 8.42 Å². The summed E-state index contributed by atoms with van der Waals surface area (Å²) in [5.74, 6) is 5.37. The molecule has 0 saturated heterocycles. The van der Waals surface area contributed by atoms with Crippen LogP contribution in [-0.4, -0.2) is 56.3 Å². The summed E-state index contributed by atoms with van der Waals surface area (Å²) in [6.07, 6.45) is 3.57. The van der Waals surface area contributed by atoms with E-state index in [1.807, 2.05) is 25.9 Å². The number of nitrogen functional groups attached to an aromatic ring is 1. The van der Waals surface area contributed by atoms with E-state index in [4.69, 9.17) is 5.84 Å². The van der Waals surface area contributed by atoms with Crippen molar-refractivity contribution in [1.82, 2.24) is 14.2 Å². The number of anilines is 1. The van der Waals surface area contributed by atoms with Gasteiger partial charge in [0.2, 0.25) is 10.0 Å². The van der Waals surface area contributed by atoms with Crippen molar-refractivity contribution in [2.24, 2.45) is 5.84 Å². The van der Waals surface area contributed by atoms with Gasteiger partial charge in [0.25, 0.3) is 0 Å². The maximum atomic E-state index is 12.7. The zero-order chi connectivity index (χ0) is 15.2. The van der Waals surface area contributed by atoms with E-state index in [2.05, 4.69) is 10.4 Å². The molecular formula is C12H23N5O2S. The minimum atomic E-state index is -3.60. The van der Waals surface area contributed by atoms with Gasteiger partial charge in [0.1, 0.15) is 4.90 Å². The van der Waals surface area contributed by atoms with Gasteiger partial charge in [-0.05, 0) is 26.6 Å². The van der Waals surface area contributed by atoms with Crippen LogP contribution in [0.4, 0.5) is 5.69 Å². The predicted molar refractivity (Wildman–Crippen MR) is 79.7 cm³/mol. The lowest BCUT2D eigenvalue weighted by atomic mass is 10.4. The fourth-order valence-electron chi connectivity index (χ4n) is 1.76. The number of aromatic nitrogens is 1. The molecule has 0 aromatic carbocycles. The maximum absolute atomic E-state index is 12.7. The molecule has 7 nitrogen and oxygen atoms in total. The van der Waals surface area contributed by atoms with Gasteiger partial charge in [-0.2, -0.15) is 4.31 Å². The van der Waals surface area contributed by atoms with E-state index in [1.54, 1.807) is 6.07 Å². The molecule has 0 unspecified atom stereocenters. The number of hydrazine groups is 1. The van der Waals surface area contributed by atoms with Crippen molar-refractivity contribution in [3.63, 3.8) is 0 Å². The van der Waals surface area contributed by atoms with Gasteiger partial charge >= 0.3 is 0 Å². The molecule has 1 aromatic rings. The summed E-state index contributed by atoms with van der Waals surface area (Å²) < 4.78 is 26.8. The van der Waals surface area contributed by atoms with E-state index in [9.17, 15) is 8.42 Å². The van der Waals surface area contributed by atoms with Gasteiger partial charge in [-0.15, -0.1) is 0 Å². The molecule has 0 bridgehead atoms.